The lowest BCUT2D eigenvalue weighted by atomic mass is 10.0. The summed E-state index contributed by atoms with van der Waals surface area (Å²) in [7, 11) is 0. The number of anilines is 1. The van der Waals surface area contributed by atoms with Gasteiger partial charge in [-0.3, -0.25) is 10.0 Å². The summed E-state index contributed by atoms with van der Waals surface area (Å²) in [5.74, 6) is 1.19. The zero-order valence-corrected chi connectivity index (χ0v) is 15.2. The van der Waals surface area contributed by atoms with Crippen LogP contribution in [0.4, 0.5) is 9.93 Å². The number of rotatable bonds is 5. The third-order valence-electron chi connectivity index (χ3n) is 3.71. The van der Waals surface area contributed by atoms with Crippen LogP contribution in [0.2, 0.25) is 0 Å². The fourth-order valence-corrected chi connectivity index (χ4v) is 4.02. The molecule has 24 heavy (non-hydrogen) atoms. The minimum atomic E-state index is -0.239. The summed E-state index contributed by atoms with van der Waals surface area (Å²) in [4.78, 5) is 16.5. The fraction of sp³-hybridized carbons (Fsp3) is 0.222. The molecule has 0 spiro atoms. The number of aryl methyl sites for hydroxylation is 1. The van der Waals surface area contributed by atoms with E-state index in [1.807, 2.05) is 43.3 Å². The van der Waals surface area contributed by atoms with Gasteiger partial charge in [0.15, 0.2) is 5.13 Å². The second kappa shape index (κ2) is 7.68. The second-order valence-corrected chi connectivity index (χ2v) is 7.48. The molecule has 2 amide bonds. The van der Waals surface area contributed by atoms with Gasteiger partial charge in [0.25, 0.3) is 0 Å². The van der Waals surface area contributed by atoms with Gasteiger partial charge in [-0.2, -0.15) is 0 Å². The molecule has 1 heterocycles. The monoisotopic (exact) mass is 357 g/mol. The van der Waals surface area contributed by atoms with Crippen molar-refractivity contribution < 1.29 is 4.79 Å². The standard InChI is InChI=1S/C18H19N3OS2/c1-12-7-6-10-15-16(12)19-18(24-15)20-17(22)21-23-11-13(2)14-8-4-3-5-9-14/h3-10,13H,11H2,1-2H3,(H2,19,20,21,22)/t13-/m0/s1. The van der Waals surface area contributed by atoms with Gasteiger partial charge in [0.2, 0.25) is 0 Å². The molecule has 1 atom stereocenters. The molecule has 0 saturated carbocycles. The zero-order chi connectivity index (χ0) is 16.9. The van der Waals surface area contributed by atoms with Crippen LogP contribution in [0.3, 0.4) is 0 Å². The van der Waals surface area contributed by atoms with Crippen LogP contribution in [0, 0.1) is 6.92 Å². The topological polar surface area (TPSA) is 54.0 Å². The van der Waals surface area contributed by atoms with Crippen LogP contribution in [0.25, 0.3) is 10.2 Å². The Morgan fingerprint density at radius 2 is 2.00 bits per heavy atom. The number of carbonyl (C=O) groups is 1. The molecule has 0 aliphatic carbocycles. The summed E-state index contributed by atoms with van der Waals surface area (Å²) < 4.78 is 3.90. The maximum absolute atomic E-state index is 12.0. The van der Waals surface area contributed by atoms with Crippen molar-refractivity contribution in [1.82, 2.24) is 9.71 Å². The summed E-state index contributed by atoms with van der Waals surface area (Å²) in [5, 5.41) is 3.43. The van der Waals surface area contributed by atoms with Crippen LogP contribution in [0.1, 0.15) is 24.0 Å². The third-order valence-corrected chi connectivity index (χ3v) is 5.64. The number of hydrogen-bond acceptors (Lipinski definition) is 4. The number of nitrogens with zero attached hydrogens (tertiary/aromatic N) is 1. The molecule has 1 aromatic heterocycles. The molecule has 3 rings (SSSR count). The number of fused-ring (bicyclic) bond motifs is 1. The normalized spacial score (nSPS) is 12.1. The van der Waals surface area contributed by atoms with Crippen molar-refractivity contribution >= 4 is 44.7 Å². The molecule has 0 aliphatic heterocycles. The van der Waals surface area contributed by atoms with Gasteiger partial charge in [-0.05, 0) is 42.0 Å². The van der Waals surface area contributed by atoms with Gasteiger partial charge in [0.05, 0.1) is 10.2 Å². The number of hydrogen-bond donors (Lipinski definition) is 2. The van der Waals surface area contributed by atoms with E-state index in [-0.39, 0.29) is 6.03 Å². The highest BCUT2D eigenvalue weighted by Crippen LogP contribution is 2.27. The van der Waals surface area contributed by atoms with Gasteiger partial charge < -0.3 is 0 Å². The van der Waals surface area contributed by atoms with E-state index in [0.29, 0.717) is 11.0 Å². The first-order valence-electron chi connectivity index (χ1n) is 7.73. The smallest absolute Gasteiger partial charge is 0.283 e. The van der Waals surface area contributed by atoms with Crippen LogP contribution in [-0.2, 0) is 0 Å². The van der Waals surface area contributed by atoms with Crippen LogP contribution >= 0.6 is 23.3 Å². The number of aromatic nitrogens is 1. The van der Waals surface area contributed by atoms with E-state index in [1.165, 1.54) is 28.8 Å². The SMILES string of the molecule is Cc1cccc2sc(NC(=O)NSC[C@H](C)c3ccccc3)nc12. The molecule has 4 nitrogen and oxygen atoms in total. The van der Waals surface area contributed by atoms with Crippen molar-refractivity contribution in [3.8, 4) is 0 Å². The molecule has 2 aromatic carbocycles. The molecule has 0 bridgehead atoms. The quantitative estimate of drug-likeness (QED) is 0.619. The highest BCUT2D eigenvalue weighted by Gasteiger charge is 2.10. The van der Waals surface area contributed by atoms with Crippen LogP contribution in [0.15, 0.2) is 48.5 Å². The molecule has 6 heteroatoms. The van der Waals surface area contributed by atoms with E-state index in [9.17, 15) is 4.79 Å². The minimum absolute atomic E-state index is 0.239. The molecule has 124 valence electrons. The molecular formula is C18H19N3OS2. The first-order valence-corrected chi connectivity index (χ1v) is 9.53. The number of benzene rings is 2. The van der Waals surface area contributed by atoms with Gasteiger partial charge >= 0.3 is 6.03 Å². The molecule has 3 aromatic rings. The summed E-state index contributed by atoms with van der Waals surface area (Å²) in [6, 6.07) is 16.1. The van der Waals surface area contributed by atoms with Crippen molar-refractivity contribution in [3.05, 3.63) is 59.7 Å². The molecule has 2 N–H and O–H groups in total. The lowest BCUT2D eigenvalue weighted by molar-refractivity contribution is 0.257. The van der Waals surface area contributed by atoms with E-state index < -0.39 is 0 Å². The first-order chi connectivity index (χ1) is 11.6. The van der Waals surface area contributed by atoms with Crippen molar-refractivity contribution in [2.45, 2.75) is 19.8 Å². The number of nitrogens with one attached hydrogen (secondary N) is 2. The van der Waals surface area contributed by atoms with Crippen LogP contribution < -0.4 is 10.0 Å². The lowest BCUT2D eigenvalue weighted by Gasteiger charge is -2.11. The summed E-state index contributed by atoms with van der Waals surface area (Å²) in [6.07, 6.45) is 0. The maximum Gasteiger partial charge on any atom is 0.331 e. The van der Waals surface area contributed by atoms with E-state index >= 15 is 0 Å². The Kier molecular flexibility index (Phi) is 5.37. The Morgan fingerprint density at radius 3 is 2.75 bits per heavy atom. The zero-order valence-electron chi connectivity index (χ0n) is 13.6. The van der Waals surface area contributed by atoms with Crippen molar-refractivity contribution in [3.63, 3.8) is 0 Å². The summed E-state index contributed by atoms with van der Waals surface area (Å²) >= 11 is 2.89. The highest BCUT2D eigenvalue weighted by molar-refractivity contribution is 7.97. The Balaban J connectivity index is 1.51. The first kappa shape index (κ1) is 16.8. The number of urea groups is 1. The predicted octanol–water partition coefficient (Wildman–Crippen LogP) is 5.18. The summed E-state index contributed by atoms with van der Waals surface area (Å²) in [5.41, 5.74) is 3.33. The van der Waals surface area contributed by atoms with Crippen molar-refractivity contribution in [2.75, 3.05) is 11.1 Å². The largest absolute Gasteiger partial charge is 0.331 e. The van der Waals surface area contributed by atoms with E-state index in [4.69, 9.17) is 0 Å². The van der Waals surface area contributed by atoms with E-state index in [0.717, 1.165) is 21.5 Å². The molecule has 0 radical (unpaired) electrons. The third kappa shape index (κ3) is 4.07. The number of carbonyl (C=O) groups excluding carboxylic acids is 1. The predicted molar refractivity (Wildman–Crippen MR) is 104 cm³/mol. The maximum atomic E-state index is 12.0. The van der Waals surface area contributed by atoms with Crippen LogP contribution in [-0.4, -0.2) is 16.8 Å². The molecule has 0 aliphatic rings. The number of thiazole rings is 1. The molecule has 0 fully saturated rings. The van der Waals surface area contributed by atoms with Crippen molar-refractivity contribution in [1.29, 1.82) is 0 Å². The van der Waals surface area contributed by atoms with Gasteiger partial charge in [-0.25, -0.2) is 9.78 Å². The van der Waals surface area contributed by atoms with Gasteiger partial charge in [-0.1, -0.05) is 60.7 Å². The van der Waals surface area contributed by atoms with Gasteiger partial charge in [0, 0.05) is 5.75 Å². The average Bonchev–Trinajstić information content (AvgIpc) is 2.99. The number of para-hydroxylation sites is 1. The summed E-state index contributed by atoms with van der Waals surface area (Å²) in [6.45, 7) is 4.17. The van der Waals surface area contributed by atoms with Crippen LogP contribution in [0.5, 0.6) is 0 Å². The minimum Gasteiger partial charge on any atom is -0.283 e. The number of amides is 2. The second-order valence-electron chi connectivity index (χ2n) is 5.62. The fourth-order valence-electron chi connectivity index (χ4n) is 2.37. The molecule has 0 unspecified atom stereocenters. The Labute approximate surface area is 149 Å². The molecule has 0 saturated heterocycles. The molecular weight excluding hydrogens is 338 g/mol. The van der Waals surface area contributed by atoms with E-state index in [2.05, 4.69) is 34.1 Å². The Morgan fingerprint density at radius 1 is 1.21 bits per heavy atom. The van der Waals surface area contributed by atoms with Gasteiger partial charge in [-0.15, -0.1) is 0 Å². The Hall–Kier alpha value is -2.05. The van der Waals surface area contributed by atoms with Crippen molar-refractivity contribution in [2.24, 2.45) is 0 Å². The Bertz CT molecular complexity index is 833. The average molecular weight is 358 g/mol. The highest BCUT2D eigenvalue weighted by atomic mass is 32.2. The lowest BCUT2D eigenvalue weighted by Crippen LogP contribution is -2.23. The van der Waals surface area contributed by atoms with Gasteiger partial charge in [0.1, 0.15) is 0 Å². The van der Waals surface area contributed by atoms with E-state index in [1.54, 1.807) is 0 Å².